The van der Waals surface area contributed by atoms with Gasteiger partial charge in [-0.1, -0.05) is 12.5 Å². The van der Waals surface area contributed by atoms with Gasteiger partial charge in [-0.3, -0.25) is 15.0 Å². The van der Waals surface area contributed by atoms with E-state index in [0.29, 0.717) is 5.69 Å². The number of ether oxygens (including phenoxy) is 1. The Hall–Kier alpha value is -1.66. The zero-order chi connectivity index (χ0) is 17.0. The number of piperidine rings is 1. The highest BCUT2D eigenvalue weighted by molar-refractivity contribution is 5.62. The van der Waals surface area contributed by atoms with Crippen LogP contribution < -0.4 is 5.32 Å². The summed E-state index contributed by atoms with van der Waals surface area (Å²) < 4.78 is 5.58. The molecular weight excluding hydrogens is 306 g/mol. The molecule has 0 atom stereocenters. The summed E-state index contributed by atoms with van der Waals surface area (Å²) in [4.78, 5) is 13.6. The van der Waals surface area contributed by atoms with Crippen LogP contribution in [-0.4, -0.2) is 48.2 Å². The normalized spacial score (nSPS) is 21.4. The Bertz CT molecular complexity index is 579. The van der Waals surface area contributed by atoms with Gasteiger partial charge in [-0.2, -0.15) is 0 Å². The maximum absolute atomic E-state index is 11.3. The van der Waals surface area contributed by atoms with Crippen LogP contribution in [0, 0.1) is 17.0 Å². The number of hydrogen-bond donors (Lipinski definition) is 1. The largest absolute Gasteiger partial charge is 0.381 e. The molecule has 2 fully saturated rings. The van der Waals surface area contributed by atoms with E-state index in [2.05, 4.69) is 10.2 Å². The number of nitro groups is 1. The molecule has 0 saturated carbocycles. The lowest BCUT2D eigenvalue weighted by atomic mass is 9.86. The van der Waals surface area contributed by atoms with Crippen molar-refractivity contribution < 1.29 is 9.66 Å². The SMILES string of the molecule is Cc1ccc(NCC2(N3CCCCC3)CCOCC2)c([N+](=O)[O-])c1. The van der Waals surface area contributed by atoms with E-state index in [-0.39, 0.29) is 16.1 Å². The molecule has 0 amide bonds. The van der Waals surface area contributed by atoms with E-state index in [0.717, 1.165) is 51.3 Å². The van der Waals surface area contributed by atoms with Crippen molar-refractivity contribution in [2.75, 3.05) is 38.2 Å². The van der Waals surface area contributed by atoms with Crippen LogP contribution in [0.2, 0.25) is 0 Å². The second-order valence-electron chi connectivity index (χ2n) is 7.02. The number of anilines is 1. The fourth-order valence-electron chi connectivity index (χ4n) is 3.93. The first-order valence-corrected chi connectivity index (χ1v) is 8.92. The Morgan fingerprint density at radius 1 is 1.25 bits per heavy atom. The van der Waals surface area contributed by atoms with Gasteiger partial charge in [-0.25, -0.2) is 0 Å². The molecule has 6 heteroatoms. The molecule has 2 saturated heterocycles. The molecule has 6 nitrogen and oxygen atoms in total. The Morgan fingerprint density at radius 3 is 2.62 bits per heavy atom. The predicted octanol–water partition coefficient (Wildman–Crippen LogP) is 3.35. The molecule has 1 aromatic rings. The maximum atomic E-state index is 11.3. The van der Waals surface area contributed by atoms with Gasteiger partial charge in [0.2, 0.25) is 0 Å². The Balaban J connectivity index is 1.77. The minimum atomic E-state index is -0.299. The summed E-state index contributed by atoms with van der Waals surface area (Å²) in [5.74, 6) is 0. The van der Waals surface area contributed by atoms with Crippen molar-refractivity contribution in [1.82, 2.24) is 4.90 Å². The average Bonchev–Trinajstić information content (AvgIpc) is 2.62. The molecular formula is C18H27N3O3. The third kappa shape index (κ3) is 3.70. The first-order valence-electron chi connectivity index (χ1n) is 8.92. The van der Waals surface area contributed by atoms with E-state index in [1.807, 2.05) is 19.1 Å². The number of nitrogens with one attached hydrogen (secondary N) is 1. The Kier molecular flexibility index (Phi) is 5.36. The van der Waals surface area contributed by atoms with Crippen LogP contribution >= 0.6 is 0 Å². The van der Waals surface area contributed by atoms with Gasteiger partial charge in [-0.05, 0) is 57.3 Å². The van der Waals surface area contributed by atoms with Crippen LogP contribution in [0.5, 0.6) is 0 Å². The number of benzene rings is 1. The third-order valence-electron chi connectivity index (χ3n) is 5.41. The molecule has 0 unspecified atom stereocenters. The number of hydrogen-bond acceptors (Lipinski definition) is 5. The number of aryl methyl sites for hydroxylation is 1. The van der Waals surface area contributed by atoms with Crippen molar-refractivity contribution in [3.8, 4) is 0 Å². The smallest absolute Gasteiger partial charge is 0.292 e. The molecule has 1 aromatic carbocycles. The highest BCUT2D eigenvalue weighted by Crippen LogP contribution is 2.33. The van der Waals surface area contributed by atoms with Gasteiger partial charge in [0.25, 0.3) is 5.69 Å². The zero-order valence-corrected chi connectivity index (χ0v) is 14.4. The van der Waals surface area contributed by atoms with Crippen LogP contribution in [0.25, 0.3) is 0 Å². The zero-order valence-electron chi connectivity index (χ0n) is 14.4. The Labute approximate surface area is 143 Å². The molecule has 24 heavy (non-hydrogen) atoms. The van der Waals surface area contributed by atoms with Crippen LogP contribution in [-0.2, 0) is 4.74 Å². The lowest BCUT2D eigenvalue weighted by molar-refractivity contribution is -0.384. The van der Waals surface area contributed by atoms with Gasteiger partial charge in [-0.15, -0.1) is 0 Å². The second kappa shape index (κ2) is 7.49. The molecule has 0 aliphatic carbocycles. The van der Waals surface area contributed by atoms with Gasteiger partial charge in [0.05, 0.1) is 4.92 Å². The average molecular weight is 333 g/mol. The van der Waals surface area contributed by atoms with E-state index in [9.17, 15) is 10.1 Å². The molecule has 0 spiro atoms. The van der Waals surface area contributed by atoms with Crippen molar-refractivity contribution in [3.05, 3.63) is 33.9 Å². The fourth-order valence-corrected chi connectivity index (χ4v) is 3.93. The lowest BCUT2D eigenvalue weighted by Gasteiger charge is -2.48. The summed E-state index contributed by atoms with van der Waals surface area (Å²) in [5.41, 5.74) is 1.74. The lowest BCUT2D eigenvalue weighted by Crippen LogP contribution is -2.57. The minimum Gasteiger partial charge on any atom is -0.381 e. The quantitative estimate of drug-likeness (QED) is 0.661. The van der Waals surface area contributed by atoms with Crippen molar-refractivity contribution in [2.45, 2.75) is 44.6 Å². The van der Waals surface area contributed by atoms with Crippen LogP contribution in [0.1, 0.15) is 37.7 Å². The maximum Gasteiger partial charge on any atom is 0.292 e. The van der Waals surface area contributed by atoms with Crippen LogP contribution in [0.4, 0.5) is 11.4 Å². The summed E-state index contributed by atoms with van der Waals surface area (Å²) in [6, 6.07) is 5.39. The molecule has 3 rings (SSSR count). The molecule has 132 valence electrons. The molecule has 2 aliphatic heterocycles. The highest BCUT2D eigenvalue weighted by atomic mass is 16.6. The summed E-state index contributed by atoms with van der Waals surface area (Å²) in [6.45, 7) is 6.41. The molecule has 0 radical (unpaired) electrons. The molecule has 2 aliphatic rings. The van der Waals surface area contributed by atoms with Crippen molar-refractivity contribution in [3.63, 3.8) is 0 Å². The number of nitro benzene ring substituents is 1. The van der Waals surface area contributed by atoms with Gasteiger partial charge < -0.3 is 10.1 Å². The van der Waals surface area contributed by atoms with Gasteiger partial charge >= 0.3 is 0 Å². The molecule has 0 bridgehead atoms. The molecule has 1 N–H and O–H groups in total. The van der Waals surface area contributed by atoms with Crippen LogP contribution in [0.15, 0.2) is 18.2 Å². The summed E-state index contributed by atoms with van der Waals surface area (Å²) in [6.07, 6.45) is 5.76. The minimum absolute atomic E-state index is 0.0530. The topological polar surface area (TPSA) is 67.6 Å². The first-order chi connectivity index (χ1) is 11.6. The van der Waals surface area contributed by atoms with E-state index in [1.165, 1.54) is 19.3 Å². The predicted molar refractivity (Wildman–Crippen MR) is 94.5 cm³/mol. The van der Waals surface area contributed by atoms with Crippen molar-refractivity contribution in [2.24, 2.45) is 0 Å². The van der Waals surface area contributed by atoms with Gasteiger partial charge in [0.15, 0.2) is 0 Å². The molecule has 2 heterocycles. The summed E-state index contributed by atoms with van der Waals surface area (Å²) >= 11 is 0. The number of rotatable bonds is 5. The van der Waals surface area contributed by atoms with Crippen LogP contribution in [0.3, 0.4) is 0 Å². The first kappa shape index (κ1) is 17.2. The second-order valence-corrected chi connectivity index (χ2v) is 7.02. The Morgan fingerprint density at radius 2 is 1.96 bits per heavy atom. The monoisotopic (exact) mass is 333 g/mol. The van der Waals surface area contributed by atoms with Crippen molar-refractivity contribution >= 4 is 11.4 Å². The number of nitrogens with zero attached hydrogens (tertiary/aromatic N) is 2. The third-order valence-corrected chi connectivity index (χ3v) is 5.41. The van der Waals surface area contributed by atoms with Crippen molar-refractivity contribution in [1.29, 1.82) is 0 Å². The van der Waals surface area contributed by atoms with Gasteiger partial charge in [0.1, 0.15) is 5.69 Å². The molecule has 0 aromatic heterocycles. The summed E-state index contributed by atoms with van der Waals surface area (Å²) in [7, 11) is 0. The number of likely N-dealkylation sites (tertiary alicyclic amines) is 1. The van der Waals surface area contributed by atoms with E-state index in [4.69, 9.17) is 4.74 Å². The summed E-state index contributed by atoms with van der Waals surface area (Å²) in [5, 5.41) is 14.7. The standard InChI is InChI=1S/C18H27N3O3/c1-15-5-6-16(17(13-15)21(22)23)19-14-18(7-11-24-12-8-18)20-9-3-2-4-10-20/h5-6,13,19H,2-4,7-12,14H2,1H3. The van der Waals surface area contributed by atoms with Gasteiger partial charge in [0, 0.05) is 31.4 Å². The fraction of sp³-hybridized carbons (Fsp3) is 0.667. The highest BCUT2D eigenvalue weighted by Gasteiger charge is 2.39. The van der Waals surface area contributed by atoms with E-state index in [1.54, 1.807) is 6.07 Å². The van der Waals surface area contributed by atoms with E-state index >= 15 is 0 Å². The van der Waals surface area contributed by atoms with E-state index < -0.39 is 0 Å².